The van der Waals surface area contributed by atoms with Gasteiger partial charge < -0.3 is 10.2 Å². The Balaban J connectivity index is 2.12. The highest BCUT2D eigenvalue weighted by molar-refractivity contribution is 5.94. The van der Waals surface area contributed by atoms with Gasteiger partial charge in [0.1, 0.15) is 0 Å². The molecular weight excluding hydrogens is 156 g/mol. The van der Waals surface area contributed by atoms with E-state index in [4.69, 9.17) is 0 Å². The summed E-state index contributed by atoms with van der Waals surface area (Å²) in [6.45, 7) is 1.40. The van der Waals surface area contributed by atoms with Gasteiger partial charge in [-0.25, -0.2) is 0 Å². The zero-order valence-corrected chi connectivity index (χ0v) is 7.09. The number of rotatable bonds is 0. The summed E-state index contributed by atoms with van der Waals surface area (Å²) < 4.78 is 0. The van der Waals surface area contributed by atoms with Gasteiger partial charge in [0.15, 0.2) is 0 Å². The molecule has 12 heavy (non-hydrogen) atoms. The number of piperidine rings is 1. The summed E-state index contributed by atoms with van der Waals surface area (Å²) in [6, 6.07) is 0. The summed E-state index contributed by atoms with van der Waals surface area (Å²) in [5.74, 6) is 0.153. The van der Waals surface area contributed by atoms with Gasteiger partial charge in [0, 0.05) is 26.6 Å². The molecule has 4 nitrogen and oxygen atoms in total. The number of hydrogen-bond donors (Lipinski definition) is 1. The lowest BCUT2D eigenvalue weighted by Gasteiger charge is -2.48. The Morgan fingerprint density at radius 1 is 1.50 bits per heavy atom. The van der Waals surface area contributed by atoms with Crippen molar-refractivity contribution in [3.63, 3.8) is 0 Å². The molecular formula is C8H12N2O2. The van der Waals surface area contributed by atoms with Crippen molar-refractivity contribution in [2.75, 3.05) is 20.1 Å². The summed E-state index contributed by atoms with van der Waals surface area (Å²) in [5, 5.41) is 2.73. The molecule has 1 atom stereocenters. The average molecular weight is 168 g/mol. The molecule has 2 rings (SSSR count). The lowest BCUT2D eigenvalue weighted by molar-refractivity contribution is -0.163. The maximum atomic E-state index is 11.4. The highest BCUT2D eigenvalue weighted by Crippen LogP contribution is 2.39. The van der Waals surface area contributed by atoms with E-state index in [-0.39, 0.29) is 17.2 Å². The highest BCUT2D eigenvalue weighted by atomic mass is 16.2. The van der Waals surface area contributed by atoms with Crippen molar-refractivity contribution in [1.29, 1.82) is 0 Å². The van der Waals surface area contributed by atoms with E-state index in [2.05, 4.69) is 5.32 Å². The fraction of sp³-hybridized carbons (Fsp3) is 0.750. The van der Waals surface area contributed by atoms with Crippen LogP contribution in [0.3, 0.4) is 0 Å². The van der Waals surface area contributed by atoms with Crippen LogP contribution in [-0.4, -0.2) is 36.9 Å². The van der Waals surface area contributed by atoms with Gasteiger partial charge in [0.25, 0.3) is 0 Å². The lowest BCUT2D eigenvalue weighted by Crippen LogP contribution is -2.63. The first-order valence-electron chi connectivity index (χ1n) is 4.16. The first-order chi connectivity index (χ1) is 5.64. The molecule has 0 radical (unpaired) electrons. The SMILES string of the molecule is CN1CC2(CCNC(=O)C2)C1=O. The molecule has 0 aromatic rings. The standard InChI is InChI=1S/C8H12N2O2/c1-10-5-8(7(10)12)2-3-9-6(11)4-8/h2-5H2,1H3,(H,9,11). The minimum absolute atomic E-state index is 0.0164. The molecule has 2 aliphatic rings. The van der Waals surface area contributed by atoms with Crippen LogP contribution in [0.25, 0.3) is 0 Å². The van der Waals surface area contributed by atoms with E-state index in [0.29, 0.717) is 13.0 Å². The maximum Gasteiger partial charge on any atom is 0.230 e. The quantitative estimate of drug-likeness (QED) is 0.489. The first-order valence-corrected chi connectivity index (χ1v) is 4.16. The molecule has 2 saturated heterocycles. The Hall–Kier alpha value is -1.06. The monoisotopic (exact) mass is 168 g/mol. The van der Waals surface area contributed by atoms with Gasteiger partial charge in [0.2, 0.25) is 11.8 Å². The summed E-state index contributed by atoms with van der Waals surface area (Å²) in [4.78, 5) is 24.2. The Morgan fingerprint density at radius 3 is 2.75 bits per heavy atom. The van der Waals surface area contributed by atoms with Gasteiger partial charge in [-0.3, -0.25) is 9.59 Å². The van der Waals surface area contributed by atoms with Crippen LogP contribution >= 0.6 is 0 Å². The minimum Gasteiger partial charge on any atom is -0.356 e. The largest absolute Gasteiger partial charge is 0.356 e. The third-order valence-electron chi connectivity index (χ3n) is 2.76. The Morgan fingerprint density at radius 2 is 2.25 bits per heavy atom. The van der Waals surface area contributed by atoms with Gasteiger partial charge in [-0.15, -0.1) is 0 Å². The van der Waals surface area contributed by atoms with Gasteiger partial charge in [0.05, 0.1) is 5.41 Å². The summed E-state index contributed by atoms with van der Waals surface area (Å²) >= 11 is 0. The maximum absolute atomic E-state index is 11.4. The third kappa shape index (κ3) is 0.838. The van der Waals surface area contributed by atoms with Crippen molar-refractivity contribution >= 4 is 11.8 Å². The second kappa shape index (κ2) is 2.21. The molecule has 4 heteroatoms. The third-order valence-corrected chi connectivity index (χ3v) is 2.76. The van der Waals surface area contributed by atoms with Crippen molar-refractivity contribution in [1.82, 2.24) is 10.2 Å². The van der Waals surface area contributed by atoms with E-state index in [1.54, 1.807) is 11.9 Å². The van der Waals surface area contributed by atoms with Crippen LogP contribution in [0, 0.1) is 5.41 Å². The summed E-state index contributed by atoms with van der Waals surface area (Å²) in [5.41, 5.74) is -0.322. The van der Waals surface area contributed by atoms with Gasteiger partial charge in [-0.2, -0.15) is 0 Å². The number of amides is 2. The topological polar surface area (TPSA) is 49.4 Å². The number of likely N-dealkylation sites (tertiary alicyclic amines) is 1. The van der Waals surface area contributed by atoms with Crippen molar-refractivity contribution in [3.05, 3.63) is 0 Å². The lowest BCUT2D eigenvalue weighted by atomic mass is 9.71. The Kier molecular flexibility index (Phi) is 1.40. The Bertz CT molecular complexity index is 247. The smallest absolute Gasteiger partial charge is 0.230 e. The van der Waals surface area contributed by atoms with Crippen LogP contribution in [0.15, 0.2) is 0 Å². The van der Waals surface area contributed by atoms with Crippen molar-refractivity contribution in [3.8, 4) is 0 Å². The van der Waals surface area contributed by atoms with Gasteiger partial charge >= 0.3 is 0 Å². The van der Waals surface area contributed by atoms with Crippen molar-refractivity contribution < 1.29 is 9.59 Å². The predicted octanol–water partition coefficient (Wildman–Crippen LogP) is -0.645. The first kappa shape index (κ1) is 7.58. The molecule has 1 spiro atoms. The number of nitrogens with one attached hydrogen (secondary N) is 1. The van der Waals surface area contributed by atoms with Crippen LogP contribution in [0.5, 0.6) is 0 Å². The van der Waals surface area contributed by atoms with E-state index < -0.39 is 0 Å². The number of carbonyl (C=O) groups excluding carboxylic acids is 2. The molecule has 2 fully saturated rings. The molecule has 0 bridgehead atoms. The van der Waals surface area contributed by atoms with Gasteiger partial charge in [-0.1, -0.05) is 0 Å². The molecule has 0 saturated carbocycles. The average Bonchev–Trinajstić information content (AvgIpc) is 2.04. The highest BCUT2D eigenvalue weighted by Gasteiger charge is 2.52. The van der Waals surface area contributed by atoms with E-state index in [0.717, 1.165) is 13.0 Å². The van der Waals surface area contributed by atoms with Crippen molar-refractivity contribution in [2.24, 2.45) is 5.41 Å². The molecule has 1 unspecified atom stereocenters. The normalized spacial score (nSPS) is 34.9. The molecule has 2 amide bonds. The van der Waals surface area contributed by atoms with Crippen LogP contribution in [0.2, 0.25) is 0 Å². The number of hydrogen-bond acceptors (Lipinski definition) is 2. The van der Waals surface area contributed by atoms with E-state index in [1.807, 2.05) is 0 Å². The molecule has 0 aromatic carbocycles. The van der Waals surface area contributed by atoms with Crippen LogP contribution < -0.4 is 5.32 Å². The van der Waals surface area contributed by atoms with Crippen LogP contribution in [0.4, 0.5) is 0 Å². The second-order valence-electron chi connectivity index (χ2n) is 3.72. The van der Waals surface area contributed by atoms with Crippen LogP contribution in [-0.2, 0) is 9.59 Å². The summed E-state index contributed by atoms with van der Waals surface area (Å²) in [6.07, 6.45) is 1.19. The van der Waals surface area contributed by atoms with Crippen LogP contribution in [0.1, 0.15) is 12.8 Å². The Labute approximate surface area is 70.9 Å². The zero-order valence-electron chi connectivity index (χ0n) is 7.09. The fourth-order valence-corrected chi connectivity index (χ4v) is 2.12. The molecule has 1 N–H and O–H groups in total. The minimum atomic E-state index is -0.322. The molecule has 0 aliphatic carbocycles. The van der Waals surface area contributed by atoms with E-state index in [9.17, 15) is 9.59 Å². The van der Waals surface area contributed by atoms with Crippen molar-refractivity contribution in [2.45, 2.75) is 12.8 Å². The molecule has 2 heterocycles. The predicted molar refractivity (Wildman–Crippen MR) is 42.3 cm³/mol. The zero-order chi connectivity index (χ0) is 8.77. The van der Waals surface area contributed by atoms with Gasteiger partial charge in [-0.05, 0) is 6.42 Å². The number of carbonyl (C=O) groups is 2. The summed E-state index contributed by atoms with van der Waals surface area (Å²) in [7, 11) is 1.78. The number of β-lactam (4-membered cyclic amide) rings is 1. The molecule has 2 aliphatic heterocycles. The number of nitrogens with zero attached hydrogens (tertiary/aromatic N) is 1. The fourth-order valence-electron chi connectivity index (χ4n) is 2.12. The van der Waals surface area contributed by atoms with E-state index >= 15 is 0 Å². The second-order valence-corrected chi connectivity index (χ2v) is 3.72. The molecule has 66 valence electrons. The van der Waals surface area contributed by atoms with E-state index in [1.165, 1.54) is 0 Å². The molecule has 0 aromatic heterocycles.